The molecule has 90 valence electrons. The molecule has 1 heterocycles. The summed E-state index contributed by atoms with van der Waals surface area (Å²) >= 11 is 0. The van der Waals surface area contributed by atoms with Crippen molar-refractivity contribution in [3.63, 3.8) is 0 Å². The molecule has 2 rings (SSSR count). The lowest BCUT2D eigenvalue weighted by Crippen LogP contribution is -2.03. The molecule has 1 aromatic heterocycles. The van der Waals surface area contributed by atoms with Crippen LogP contribution in [0.4, 0.5) is 5.69 Å². The molecule has 0 unspecified atom stereocenters. The molecule has 17 heavy (non-hydrogen) atoms. The highest BCUT2D eigenvalue weighted by atomic mass is 16.2. The van der Waals surface area contributed by atoms with Gasteiger partial charge in [0, 0.05) is 18.5 Å². The molecule has 0 bridgehead atoms. The van der Waals surface area contributed by atoms with Crippen LogP contribution in [0.1, 0.15) is 19.3 Å². The highest BCUT2D eigenvalue weighted by Crippen LogP contribution is 2.19. The quantitative estimate of drug-likeness (QED) is 0.748. The van der Waals surface area contributed by atoms with Crippen LogP contribution >= 0.6 is 0 Å². The Morgan fingerprint density at radius 2 is 2.00 bits per heavy atom. The van der Waals surface area contributed by atoms with Crippen molar-refractivity contribution in [2.45, 2.75) is 19.3 Å². The van der Waals surface area contributed by atoms with Crippen LogP contribution in [0.3, 0.4) is 0 Å². The standard InChI is InChI=1S/C13H17N3O/c17-9-5-1-4-8-14-13-10-15-16-12-7-3-2-6-11(12)13/h2-3,6-7,10,17H,1,4-5,8-9H2,(H,14,16). The molecule has 0 aliphatic carbocycles. The van der Waals surface area contributed by atoms with Crippen molar-refractivity contribution in [1.82, 2.24) is 10.2 Å². The van der Waals surface area contributed by atoms with Gasteiger partial charge in [-0.2, -0.15) is 10.2 Å². The molecular weight excluding hydrogens is 214 g/mol. The Balaban J connectivity index is 1.98. The summed E-state index contributed by atoms with van der Waals surface area (Å²) < 4.78 is 0. The first kappa shape index (κ1) is 11.8. The van der Waals surface area contributed by atoms with E-state index in [1.165, 1.54) is 0 Å². The van der Waals surface area contributed by atoms with Gasteiger partial charge in [0.2, 0.25) is 0 Å². The molecule has 1 aromatic carbocycles. The van der Waals surface area contributed by atoms with E-state index in [0.717, 1.165) is 42.4 Å². The Morgan fingerprint density at radius 3 is 2.88 bits per heavy atom. The summed E-state index contributed by atoms with van der Waals surface area (Å²) in [5.74, 6) is 0. The molecule has 0 radical (unpaired) electrons. The molecule has 0 aliphatic rings. The number of anilines is 1. The molecule has 4 heteroatoms. The van der Waals surface area contributed by atoms with Crippen LogP contribution in [0.25, 0.3) is 10.9 Å². The molecule has 2 N–H and O–H groups in total. The van der Waals surface area contributed by atoms with Crippen LogP contribution in [0.15, 0.2) is 30.5 Å². The maximum absolute atomic E-state index is 8.69. The van der Waals surface area contributed by atoms with Gasteiger partial charge in [-0.25, -0.2) is 0 Å². The fraction of sp³-hybridized carbons (Fsp3) is 0.385. The molecular formula is C13H17N3O. The molecule has 0 atom stereocenters. The van der Waals surface area contributed by atoms with Gasteiger partial charge in [-0.3, -0.25) is 0 Å². The number of nitrogens with one attached hydrogen (secondary N) is 1. The van der Waals surface area contributed by atoms with Crippen LogP contribution < -0.4 is 5.32 Å². The van der Waals surface area contributed by atoms with Crippen LogP contribution in [-0.4, -0.2) is 28.5 Å². The molecule has 0 fully saturated rings. The average Bonchev–Trinajstić information content (AvgIpc) is 2.39. The summed E-state index contributed by atoms with van der Waals surface area (Å²) in [5.41, 5.74) is 1.94. The second kappa shape index (κ2) is 6.15. The first-order valence-corrected chi connectivity index (χ1v) is 5.97. The zero-order valence-electron chi connectivity index (χ0n) is 9.76. The van der Waals surface area contributed by atoms with Gasteiger partial charge in [0.15, 0.2) is 0 Å². The van der Waals surface area contributed by atoms with Crippen molar-refractivity contribution in [1.29, 1.82) is 0 Å². The van der Waals surface area contributed by atoms with Crippen molar-refractivity contribution in [3.8, 4) is 0 Å². The van der Waals surface area contributed by atoms with Gasteiger partial charge in [0.05, 0.1) is 17.4 Å². The van der Waals surface area contributed by atoms with Crippen molar-refractivity contribution in [3.05, 3.63) is 30.5 Å². The zero-order chi connectivity index (χ0) is 11.9. The lowest BCUT2D eigenvalue weighted by Gasteiger charge is -2.07. The smallest absolute Gasteiger partial charge is 0.0950 e. The van der Waals surface area contributed by atoms with Crippen molar-refractivity contribution in [2.24, 2.45) is 0 Å². The Hall–Kier alpha value is -1.68. The number of hydrogen-bond acceptors (Lipinski definition) is 4. The second-order valence-electron chi connectivity index (χ2n) is 3.99. The van der Waals surface area contributed by atoms with Crippen LogP contribution in [0, 0.1) is 0 Å². The topological polar surface area (TPSA) is 58.0 Å². The van der Waals surface area contributed by atoms with E-state index in [1.54, 1.807) is 6.20 Å². The van der Waals surface area contributed by atoms with E-state index in [2.05, 4.69) is 15.5 Å². The third-order valence-corrected chi connectivity index (χ3v) is 2.70. The van der Waals surface area contributed by atoms with Crippen LogP contribution in [0.5, 0.6) is 0 Å². The Morgan fingerprint density at radius 1 is 1.12 bits per heavy atom. The van der Waals surface area contributed by atoms with Gasteiger partial charge in [0.25, 0.3) is 0 Å². The van der Waals surface area contributed by atoms with Gasteiger partial charge in [-0.05, 0) is 25.3 Å². The maximum Gasteiger partial charge on any atom is 0.0950 e. The lowest BCUT2D eigenvalue weighted by molar-refractivity contribution is 0.283. The average molecular weight is 231 g/mol. The fourth-order valence-corrected chi connectivity index (χ4v) is 1.78. The first-order valence-electron chi connectivity index (χ1n) is 5.97. The minimum absolute atomic E-state index is 0.278. The maximum atomic E-state index is 8.69. The predicted molar refractivity (Wildman–Crippen MR) is 69.0 cm³/mol. The van der Waals surface area contributed by atoms with Crippen molar-refractivity contribution in [2.75, 3.05) is 18.5 Å². The third-order valence-electron chi connectivity index (χ3n) is 2.70. The molecule has 0 aliphatic heterocycles. The number of nitrogens with zero attached hydrogens (tertiary/aromatic N) is 2. The summed E-state index contributed by atoms with van der Waals surface area (Å²) in [4.78, 5) is 0. The largest absolute Gasteiger partial charge is 0.396 e. The SMILES string of the molecule is OCCCCCNc1cnnc2ccccc12. The summed E-state index contributed by atoms with van der Waals surface area (Å²) in [5, 5.41) is 21.2. The summed E-state index contributed by atoms with van der Waals surface area (Å²) in [6.45, 7) is 1.18. The minimum Gasteiger partial charge on any atom is -0.396 e. The molecule has 4 nitrogen and oxygen atoms in total. The first-order chi connectivity index (χ1) is 8.42. The second-order valence-corrected chi connectivity index (χ2v) is 3.99. The Bertz CT molecular complexity index is 468. The molecule has 0 amide bonds. The van der Waals surface area contributed by atoms with Gasteiger partial charge < -0.3 is 10.4 Å². The van der Waals surface area contributed by atoms with E-state index in [1.807, 2.05) is 24.3 Å². The highest BCUT2D eigenvalue weighted by Gasteiger charge is 2.00. The zero-order valence-corrected chi connectivity index (χ0v) is 9.76. The van der Waals surface area contributed by atoms with Crippen LogP contribution in [0.2, 0.25) is 0 Å². The number of unbranched alkanes of at least 4 members (excludes halogenated alkanes) is 2. The molecule has 0 saturated carbocycles. The number of fused-ring (bicyclic) bond motifs is 1. The highest BCUT2D eigenvalue weighted by molar-refractivity contribution is 5.90. The summed E-state index contributed by atoms with van der Waals surface area (Å²) in [6, 6.07) is 7.96. The Kier molecular flexibility index (Phi) is 4.27. The minimum atomic E-state index is 0.278. The summed E-state index contributed by atoms with van der Waals surface area (Å²) in [7, 11) is 0. The van der Waals surface area contributed by atoms with E-state index in [4.69, 9.17) is 5.11 Å². The lowest BCUT2D eigenvalue weighted by atomic mass is 10.2. The van der Waals surface area contributed by atoms with E-state index in [-0.39, 0.29) is 6.61 Å². The normalized spacial score (nSPS) is 10.6. The van der Waals surface area contributed by atoms with Gasteiger partial charge >= 0.3 is 0 Å². The third kappa shape index (κ3) is 3.14. The number of aromatic nitrogens is 2. The van der Waals surface area contributed by atoms with E-state index >= 15 is 0 Å². The monoisotopic (exact) mass is 231 g/mol. The Labute approximate surface area is 101 Å². The molecule has 2 aromatic rings. The van der Waals surface area contributed by atoms with Gasteiger partial charge in [0.1, 0.15) is 0 Å². The summed E-state index contributed by atoms with van der Waals surface area (Å²) in [6.07, 6.45) is 4.72. The van der Waals surface area contributed by atoms with E-state index < -0.39 is 0 Å². The predicted octanol–water partition coefficient (Wildman–Crippen LogP) is 2.20. The van der Waals surface area contributed by atoms with Crippen molar-refractivity contribution >= 4 is 16.6 Å². The van der Waals surface area contributed by atoms with Gasteiger partial charge in [-0.15, -0.1) is 0 Å². The molecule has 0 saturated heterocycles. The van der Waals surface area contributed by atoms with E-state index in [9.17, 15) is 0 Å². The van der Waals surface area contributed by atoms with Crippen molar-refractivity contribution < 1.29 is 5.11 Å². The van der Waals surface area contributed by atoms with E-state index in [0.29, 0.717) is 0 Å². The fourth-order valence-electron chi connectivity index (χ4n) is 1.78. The number of aliphatic hydroxyl groups excluding tert-OH is 1. The number of rotatable bonds is 6. The van der Waals surface area contributed by atoms with Gasteiger partial charge in [-0.1, -0.05) is 18.2 Å². The van der Waals surface area contributed by atoms with Crippen LogP contribution in [-0.2, 0) is 0 Å². The number of benzene rings is 1. The number of aliphatic hydroxyl groups is 1. The number of hydrogen-bond donors (Lipinski definition) is 2. The molecule has 0 spiro atoms.